The molecule has 122 valence electrons. The maximum absolute atomic E-state index is 12.2. The fourth-order valence-corrected chi connectivity index (χ4v) is 3.35. The highest BCUT2D eigenvalue weighted by Gasteiger charge is 2.19. The van der Waals surface area contributed by atoms with Gasteiger partial charge in [-0.25, -0.2) is 13.1 Å². The third kappa shape index (κ3) is 6.58. The number of rotatable bonds is 11. The van der Waals surface area contributed by atoms with Crippen molar-refractivity contribution in [2.24, 2.45) is 0 Å². The molecule has 0 fully saturated rings. The Morgan fingerprint density at radius 1 is 1.33 bits per heavy atom. The van der Waals surface area contributed by atoms with Crippen LogP contribution in [0.2, 0.25) is 0 Å². The molecule has 0 spiro atoms. The number of hydrogen-bond donors (Lipinski definition) is 2. The maximum atomic E-state index is 12.2. The van der Waals surface area contributed by atoms with Gasteiger partial charge >= 0.3 is 0 Å². The van der Waals surface area contributed by atoms with Crippen LogP contribution in [-0.2, 0) is 16.6 Å². The van der Waals surface area contributed by atoms with E-state index in [2.05, 4.69) is 22.1 Å². The van der Waals surface area contributed by atoms with Gasteiger partial charge in [0.2, 0.25) is 10.0 Å². The SMILES string of the molecule is CCCCCC(C)NS(=O)(=O)c1cnn(CCCNC)c1. The molecule has 1 rings (SSSR count). The third-order valence-corrected chi connectivity index (χ3v) is 4.87. The van der Waals surface area contributed by atoms with Gasteiger partial charge in [0.15, 0.2) is 0 Å². The highest BCUT2D eigenvalue weighted by Crippen LogP contribution is 2.10. The second-order valence-corrected chi connectivity index (χ2v) is 7.13. The summed E-state index contributed by atoms with van der Waals surface area (Å²) in [6, 6.07) is -0.0470. The summed E-state index contributed by atoms with van der Waals surface area (Å²) >= 11 is 0. The van der Waals surface area contributed by atoms with Crippen LogP contribution in [0.25, 0.3) is 0 Å². The molecule has 7 heteroatoms. The molecule has 0 bridgehead atoms. The number of aromatic nitrogens is 2. The number of nitrogens with zero attached hydrogens (tertiary/aromatic N) is 2. The molecule has 1 unspecified atom stereocenters. The molecular weight excluding hydrogens is 288 g/mol. The molecule has 0 aliphatic heterocycles. The molecule has 2 N–H and O–H groups in total. The smallest absolute Gasteiger partial charge is 0.243 e. The van der Waals surface area contributed by atoms with Gasteiger partial charge in [0.05, 0.1) is 6.20 Å². The van der Waals surface area contributed by atoms with Gasteiger partial charge in [-0.1, -0.05) is 26.2 Å². The molecular formula is C14H28N4O2S. The fraction of sp³-hybridized carbons (Fsp3) is 0.786. The van der Waals surface area contributed by atoms with Gasteiger partial charge in [-0.15, -0.1) is 0 Å². The molecule has 1 aromatic heterocycles. The van der Waals surface area contributed by atoms with Crippen molar-refractivity contribution in [3.63, 3.8) is 0 Å². The molecule has 0 aliphatic rings. The van der Waals surface area contributed by atoms with E-state index in [-0.39, 0.29) is 10.9 Å². The molecule has 1 aromatic rings. The highest BCUT2D eigenvalue weighted by atomic mass is 32.2. The lowest BCUT2D eigenvalue weighted by molar-refractivity contribution is 0.526. The first-order chi connectivity index (χ1) is 9.99. The summed E-state index contributed by atoms with van der Waals surface area (Å²) in [5.41, 5.74) is 0. The van der Waals surface area contributed by atoms with Crippen LogP contribution >= 0.6 is 0 Å². The lowest BCUT2D eigenvalue weighted by Gasteiger charge is -2.12. The minimum Gasteiger partial charge on any atom is -0.320 e. The van der Waals surface area contributed by atoms with Crippen LogP contribution in [0.3, 0.4) is 0 Å². The Balaban J connectivity index is 2.53. The monoisotopic (exact) mass is 316 g/mol. The van der Waals surface area contributed by atoms with Crippen LogP contribution in [0, 0.1) is 0 Å². The van der Waals surface area contributed by atoms with E-state index in [0.717, 1.165) is 38.6 Å². The predicted octanol–water partition coefficient (Wildman–Crippen LogP) is 1.74. The van der Waals surface area contributed by atoms with Gasteiger partial charge in [0.25, 0.3) is 0 Å². The van der Waals surface area contributed by atoms with Crippen molar-refractivity contribution in [3.05, 3.63) is 12.4 Å². The van der Waals surface area contributed by atoms with E-state index < -0.39 is 10.0 Å². The van der Waals surface area contributed by atoms with Gasteiger partial charge in [-0.3, -0.25) is 4.68 Å². The van der Waals surface area contributed by atoms with Crippen molar-refractivity contribution >= 4 is 10.0 Å². The number of sulfonamides is 1. The fourth-order valence-electron chi connectivity index (χ4n) is 2.12. The summed E-state index contributed by atoms with van der Waals surface area (Å²) in [6.07, 6.45) is 8.11. The van der Waals surface area contributed by atoms with Crippen LogP contribution in [0.15, 0.2) is 17.3 Å². The molecule has 21 heavy (non-hydrogen) atoms. The summed E-state index contributed by atoms with van der Waals surface area (Å²) in [5, 5.41) is 7.16. The average Bonchev–Trinajstić information content (AvgIpc) is 2.88. The van der Waals surface area contributed by atoms with Crippen molar-refractivity contribution in [3.8, 4) is 0 Å². The van der Waals surface area contributed by atoms with Gasteiger partial charge < -0.3 is 5.32 Å². The largest absolute Gasteiger partial charge is 0.320 e. The van der Waals surface area contributed by atoms with Crippen molar-refractivity contribution in [1.29, 1.82) is 0 Å². The van der Waals surface area contributed by atoms with Gasteiger partial charge in [-0.2, -0.15) is 5.10 Å². The highest BCUT2D eigenvalue weighted by molar-refractivity contribution is 7.89. The molecule has 0 aliphatic carbocycles. The van der Waals surface area contributed by atoms with E-state index in [1.165, 1.54) is 6.20 Å². The molecule has 0 amide bonds. The Morgan fingerprint density at radius 2 is 2.10 bits per heavy atom. The maximum Gasteiger partial charge on any atom is 0.243 e. The summed E-state index contributed by atoms with van der Waals surface area (Å²) in [5.74, 6) is 0. The average molecular weight is 316 g/mol. The Hall–Kier alpha value is -0.920. The zero-order chi connectivity index (χ0) is 15.7. The standard InChI is InChI=1S/C14H28N4O2S/c1-4-5-6-8-13(2)17-21(19,20)14-11-16-18(12-14)10-7-9-15-3/h11-13,15,17H,4-10H2,1-3H3. The number of unbranched alkanes of at least 4 members (excludes halogenated alkanes) is 2. The molecule has 6 nitrogen and oxygen atoms in total. The molecule has 0 saturated heterocycles. The van der Waals surface area contributed by atoms with Gasteiger partial charge in [0.1, 0.15) is 4.90 Å². The minimum atomic E-state index is -3.46. The van der Waals surface area contributed by atoms with Crippen LogP contribution in [-0.4, -0.2) is 37.8 Å². The quantitative estimate of drug-likeness (QED) is 0.610. The van der Waals surface area contributed by atoms with Gasteiger partial charge in [0, 0.05) is 18.8 Å². The molecule has 0 saturated carbocycles. The molecule has 0 radical (unpaired) electrons. The normalized spacial score (nSPS) is 13.5. The van der Waals surface area contributed by atoms with E-state index in [1.54, 1.807) is 10.9 Å². The second-order valence-electron chi connectivity index (χ2n) is 5.41. The molecule has 1 heterocycles. The zero-order valence-electron chi connectivity index (χ0n) is 13.3. The summed E-state index contributed by atoms with van der Waals surface area (Å²) < 4.78 is 28.9. The number of aryl methyl sites for hydroxylation is 1. The predicted molar refractivity (Wildman–Crippen MR) is 84.7 cm³/mol. The van der Waals surface area contributed by atoms with E-state index in [1.807, 2.05) is 14.0 Å². The zero-order valence-corrected chi connectivity index (χ0v) is 14.1. The van der Waals surface area contributed by atoms with Crippen molar-refractivity contribution in [2.75, 3.05) is 13.6 Å². The number of hydrogen-bond acceptors (Lipinski definition) is 4. The summed E-state index contributed by atoms with van der Waals surface area (Å²) in [6.45, 7) is 5.64. The first-order valence-corrected chi connectivity index (χ1v) is 9.17. The lowest BCUT2D eigenvalue weighted by atomic mass is 10.1. The van der Waals surface area contributed by atoms with Crippen molar-refractivity contribution in [2.45, 2.75) is 63.4 Å². The Labute approximate surface area is 128 Å². The van der Waals surface area contributed by atoms with Gasteiger partial charge in [-0.05, 0) is 33.4 Å². The van der Waals surface area contributed by atoms with Crippen LogP contribution < -0.4 is 10.0 Å². The molecule has 1 atom stereocenters. The van der Waals surface area contributed by atoms with Crippen molar-refractivity contribution < 1.29 is 8.42 Å². The second kappa shape index (κ2) is 9.17. The van der Waals surface area contributed by atoms with E-state index >= 15 is 0 Å². The van der Waals surface area contributed by atoms with Crippen LogP contribution in [0.5, 0.6) is 0 Å². The van der Waals surface area contributed by atoms with E-state index in [0.29, 0.717) is 6.54 Å². The summed E-state index contributed by atoms with van der Waals surface area (Å²) in [7, 11) is -1.56. The topological polar surface area (TPSA) is 76.0 Å². The van der Waals surface area contributed by atoms with E-state index in [4.69, 9.17) is 0 Å². The van der Waals surface area contributed by atoms with Crippen molar-refractivity contribution in [1.82, 2.24) is 19.8 Å². The van der Waals surface area contributed by atoms with Crippen LogP contribution in [0.1, 0.15) is 46.0 Å². The Bertz CT molecular complexity index is 499. The van der Waals surface area contributed by atoms with E-state index in [9.17, 15) is 8.42 Å². The minimum absolute atomic E-state index is 0.0470. The third-order valence-electron chi connectivity index (χ3n) is 3.33. The summed E-state index contributed by atoms with van der Waals surface area (Å²) in [4.78, 5) is 0.245. The van der Waals surface area contributed by atoms with Crippen LogP contribution in [0.4, 0.5) is 0 Å². The lowest BCUT2D eigenvalue weighted by Crippen LogP contribution is -2.32. The Morgan fingerprint density at radius 3 is 2.76 bits per heavy atom. The number of nitrogens with one attached hydrogen (secondary N) is 2. The first kappa shape index (κ1) is 18.1. The molecule has 0 aromatic carbocycles. The first-order valence-electron chi connectivity index (χ1n) is 7.69. The Kier molecular flexibility index (Phi) is 7.92.